The Morgan fingerprint density at radius 3 is 2.75 bits per heavy atom. The molecule has 5 nitrogen and oxygen atoms in total. The minimum atomic E-state index is 0.0135. The molecule has 1 saturated carbocycles. The molecule has 0 aromatic heterocycles. The van der Waals surface area contributed by atoms with E-state index in [0.717, 1.165) is 25.9 Å². The predicted octanol–water partition coefficient (Wildman–Crippen LogP) is 0.685. The van der Waals surface area contributed by atoms with E-state index in [1.165, 1.54) is 12.8 Å². The number of hydrogen-bond acceptors (Lipinski definition) is 4. The van der Waals surface area contributed by atoms with Crippen molar-refractivity contribution in [1.29, 1.82) is 0 Å². The normalized spacial score (nSPS) is 31.6. The lowest BCUT2D eigenvalue weighted by Crippen LogP contribution is -2.57. The second kappa shape index (κ2) is 6.87. The number of carbonyl (C=O) groups excluding carboxylic acids is 1. The zero-order chi connectivity index (χ0) is 14.6. The third kappa shape index (κ3) is 3.51. The number of nitrogens with zero attached hydrogens (tertiary/aromatic N) is 2. The van der Waals surface area contributed by atoms with Gasteiger partial charge in [0.05, 0.1) is 19.8 Å². The van der Waals surface area contributed by atoms with Crippen LogP contribution in [-0.4, -0.2) is 67.7 Å². The molecule has 116 valence electrons. The van der Waals surface area contributed by atoms with E-state index in [2.05, 4.69) is 18.9 Å². The van der Waals surface area contributed by atoms with E-state index in [1.807, 2.05) is 4.90 Å². The van der Waals surface area contributed by atoms with Gasteiger partial charge in [-0.1, -0.05) is 19.8 Å². The van der Waals surface area contributed by atoms with Gasteiger partial charge in [0.15, 0.2) is 0 Å². The highest BCUT2D eigenvalue weighted by Gasteiger charge is 2.38. The van der Waals surface area contributed by atoms with E-state index in [-0.39, 0.29) is 11.4 Å². The number of hydrogen-bond donors (Lipinski definition) is 1. The van der Waals surface area contributed by atoms with Gasteiger partial charge in [-0.05, 0) is 25.8 Å². The number of morpholine rings is 1. The minimum Gasteiger partial charge on any atom is -0.378 e. The lowest BCUT2D eigenvalue weighted by molar-refractivity contribution is -0.138. The third-order valence-electron chi connectivity index (χ3n) is 4.99. The summed E-state index contributed by atoms with van der Waals surface area (Å²) in [5.41, 5.74) is 6.08. The number of amides is 1. The molecule has 1 saturated heterocycles. The van der Waals surface area contributed by atoms with Gasteiger partial charge in [0.1, 0.15) is 0 Å². The van der Waals surface area contributed by atoms with Crippen molar-refractivity contribution >= 4 is 5.91 Å². The van der Waals surface area contributed by atoms with Crippen LogP contribution in [0.25, 0.3) is 0 Å². The van der Waals surface area contributed by atoms with Crippen LogP contribution in [0, 0.1) is 5.92 Å². The molecule has 5 heteroatoms. The molecule has 1 aliphatic carbocycles. The van der Waals surface area contributed by atoms with E-state index >= 15 is 0 Å². The van der Waals surface area contributed by atoms with Gasteiger partial charge in [0.2, 0.25) is 5.91 Å². The van der Waals surface area contributed by atoms with Crippen LogP contribution in [0.5, 0.6) is 0 Å². The van der Waals surface area contributed by atoms with Crippen LogP contribution in [0.2, 0.25) is 0 Å². The first kappa shape index (κ1) is 15.7. The lowest BCUT2D eigenvalue weighted by atomic mass is 9.75. The molecular formula is C15H29N3O2. The molecule has 0 bridgehead atoms. The summed E-state index contributed by atoms with van der Waals surface area (Å²) in [6.45, 7) is 6.18. The molecule has 2 fully saturated rings. The summed E-state index contributed by atoms with van der Waals surface area (Å²) in [5, 5.41) is 0. The van der Waals surface area contributed by atoms with Gasteiger partial charge in [0.25, 0.3) is 0 Å². The molecule has 0 radical (unpaired) electrons. The van der Waals surface area contributed by atoms with Crippen LogP contribution in [0.3, 0.4) is 0 Å². The van der Waals surface area contributed by atoms with Crippen LogP contribution in [0.15, 0.2) is 0 Å². The Balaban J connectivity index is 1.94. The number of ether oxygens (including phenoxy) is 1. The van der Waals surface area contributed by atoms with Gasteiger partial charge in [0, 0.05) is 25.2 Å². The monoisotopic (exact) mass is 283 g/mol. The van der Waals surface area contributed by atoms with Crippen LogP contribution in [-0.2, 0) is 9.53 Å². The SMILES string of the molecule is CC1CCCC(CN)(N(C)CC(=O)N2CCOCC2)C1. The summed E-state index contributed by atoms with van der Waals surface area (Å²) in [6.07, 6.45) is 4.72. The summed E-state index contributed by atoms with van der Waals surface area (Å²) < 4.78 is 5.30. The zero-order valence-electron chi connectivity index (χ0n) is 12.9. The fraction of sp³-hybridized carbons (Fsp3) is 0.933. The summed E-state index contributed by atoms with van der Waals surface area (Å²) in [5.74, 6) is 0.912. The van der Waals surface area contributed by atoms with Crippen molar-refractivity contribution in [2.24, 2.45) is 11.7 Å². The highest BCUT2D eigenvalue weighted by atomic mass is 16.5. The number of carbonyl (C=O) groups is 1. The van der Waals surface area contributed by atoms with Crippen LogP contribution in [0.1, 0.15) is 32.6 Å². The lowest BCUT2D eigenvalue weighted by Gasteiger charge is -2.46. The smallest absolute Gasteiger partial charge is 0.236 e. The number of rotatable bonds is 4. The van der Waals surface area contributed by atoms with Crippen molar-refractivity contribution in [2.45, 2.75) is 38.1 Å². The topological polar surface area (TPSA) is 58.8 Å². The van der Waals surface area contributed by atoms with Crippen molar-refractivity contribution in [3.8, 4) is 0 Å². The van der Waals surface area contributed by atoms with Gasteiger partial charge in [-0.2, -0.15) is 0 Å². The first-order valence-corrected chi connectivity index (χ1v) is 7.84. The molecule has 1 aliphatic heterocycles. The van der Waals surface area contributed by atoms with Crippen molar-refractivity contribution in [3.63, 3.8) is 0 Å². The average molecular weight is 283 g/mol. The maximum absolute atomic E-state index is 12.4. The summed E-state index contributed by atoms with van der Waals surface area (Å²) in [6, 6.07) is 0. The number of likely N-dealkylation sites (N-methyl/N-ethyl adjacent to an activating group) is 1. The van der Waals surface area contributed by atoms with Gasteiger partial charge in [-0.25, -0.2) is 0 Å². The van der Waals surface area contributed by atoms with Crippen molar-refractivity contribution < 1.29 is 9.53 Å². The largest absolute Gasteiger partial charge is 0.378 e. The molecule has 0 spiro atoms. The van der Waals surface area contributed by atoms with Gasteiger partial charge >= 0.3 is 0 Å². The maximum Gasteiger partial charge on any atom is 0.236 e. The molecule has 0 aromatic carbocycles. The van der Waals surface area contributed by atoms with Gasteiger partial charge < -0.3 is 15.4 Å². The van der Waals surface area contributed by atoms with Crippen molar-refractivity contribution in [1.82, 2.24) is 9.80 Å². The molecule has 2 rings (SSSR count). The Labute approximate surface area is 122 Å². The average Bonchev–Trinajstić information content (AvgIpc) is 2.47. The second-order valence-corrected chi connectivity index (χ2v) is 6.48. The van der Waals surface area contributed by atoms with Gasteiger partial charge in [-0.15, -0.1) is 0 Å². The summed E-state index contributed by atoms with van der Waals surface area (Å²) in [7, 11) is 2.06. The fourth-order valence-corrected chi connectivity index (χ4v) is 3.60. The Morgan fingerprint density at radius 1 is 1.45 bits per heavy atom. The van der Waals surface area contributed by atoms with Crippen LogP contribution < -0.4 is 5.73 Å². The van der Waals surface area contributed by atoms with E-state index in [9.17, 15) is 4.79 Å². The zero-order valence-corrected chi connectivity index (χ0v) is 12.9. The molecule has 2 N–H and O–H groups in total. The highest BCUT2D eigenvalue weighted by molar-refractivity contribution is 5.78. The Morgan fingerprint density at radius 2 is 2.15 bits per heavy atom. The van der Waals surface area contributed by atoms with E-state index in [4.69, 9.17) is 10.5 Å². The van der Waals surface area contributed by atoms with E-state index < -0.39 is 0 Å². The predicted molar refractivity (Wildman–Crippen MR) is 79.4 cm³/mol. The fourth-order valence-electron chi connectivity index (χ4n) is 3.60. The molecule has 1 amide bonds. The Kier molecular flexibility index (Phi) is 5.41. The highest BCUT2D eigenvalue weighted by Crippen LogP contribution is 2.35. The maximum atomic E-state index is 12.4. The minimum absolute atomic E-state index is 0.0135. The van der Waals surface area contributed by atoms with Crippen LogP contribution in [0.4, 0.5) is 0 Å². The molecule has 2 aliphatic rings. The standard InChI is InChI=1S/C15H29N3O2/c1-13-4-3-5-15(10-13,12-16)17(2)11-14(19)18-6-8-20-9-7-18/h13H,3-12,16H2,1-2H3. The van der Waals surface area contributed by atoms with Crippen molar-refractivity contribution in [3.05, 3.63) is 0 Å². The third-order valence-corrected chi connectivity index (χ3v) is 4.99. The van der Waals surface area contributed by atoms with Crippen molar-refractivity contribution in [2.75, 3.05) is 46.4 Å². The molecule has 2 unspecified atom stereocenters. The number of nitrogens with two attached hydrogens (primary N) is 1. The first-order chi connectivity index (χ1) is 9.57. The van der Waals surface area contributed by atoms with E-state index in [1.54, 1.807) is 0 Å². The Bertz CT molecular complexity index is 331. The molecule has 20 heavy (non-hydrogen) atoms. The first-order valence-electron chi connectivity index (χ1n) is 7.84. The van der Waals surface area contributed by atoms with Gasteiger partial charge in [-0.3, -0.25) is 9.69 Å². The molecule has 2 atom stereocenters. The summed E-state index contributed by atoms with van der Waals surface area (Å²) >= 11 is 0. The van der Waals surface area contributed by atoms with E-state index in [0.29, 0.717) is 32.2 Å². The molecular weight excluding hydrogens is 254 g/mol. The van der Waals surface area contributed by atoms with Crippen LogP contribution >= 0.6 is 0 Å². The second-order valence-electron chi connectivity index (χ2n) is 6.48. The quantitative estimate of drug-likeness (QED) is 0.824. The summed E-state index contributed by atoms with van der Waals surface area (Å²) in [4.78, 5) is 16.5. The Hall–Kier alpha value is -0.650. The molecule has 1 heterocycles. The molecule has 0 aromatic rings.